The Bertz CT molecular complexity index is 762. The molecule has 0 bridgehead atoms. The lowest BCUT2D eigenvalue weighted by Crippen LogP contribution is -2.35. The lowest BCUT2D eigenvalue weighted by molar-refractivity contribution is 0.0696. The maximum atomic E-state index is 12.0. The third-order valence-electron chi connectivity index (χ3n) is 2.65. The van der Waals surface area contributed by atoms with Crippen molar-refractivity contribution in [2.45, 2.75) is 10.9 Å². The first-order valence-electron chi connectivity index (χ1n) is 5.46. The topological polar surface area (TPSA) is 118 Å². The molecule has 0 spiro atoms. The third kappa shape index (κ3) is 3.24. The number of carboxylic acid groups (broad SMARTS) is 1. The quantitative estimate of drug-likeness (QED) is 0.805. The van der Waals surface area contributed by atoms with Gasteiger partial charge in [0.1, 0.15) is 0 Å². The Kier molecular flexibility index (Phi) is 3.67. The number of hydrogen-bond acceptors (Lipinski definition) is 5. The van der Waals surface area contributed by atoms with E-state index in [1.54, 1.807) is 0 Å². The minimum atomic E-state index is -3.89. The molecule has 2 N–H and O–H groups in total. The van der Waals surface area contributed by atoms with Crippen molar-refractivity contribution in [1.29, 1.82) is 0 Å². The van der Waals surface area contributed by atoms with Crippen molar-refractivity contribution in [2.24, 2.45) is 0 Å². The highest BCUT2D eigenvalue weighted by atomic mass is 32.2. The fourth-order valence-electron chi connectivity index (χ4n) is 1.69. The monoisotopic (exact) mass is 317 g/mol. The van der Waals surface area contributed by atoms with Gasteiger partial charge in [-0.15, -0.1) is 0 Å². The van der Waals surface area contributed by atoms with E-state index in [0.717, 1.165) is 29.7 Å². The van der Waals surface area contributed by atoms with E-state index in [4.69, 9.17) is 5.11 Å². The lowest BCUT2D eigenvalue weighted by Gasteiger charge is -2.10. The molecular weight excluding hydrogens is 306 g/mol. The van der Waals surface area contributed by atoms with Crippen LogP contribution in [0.15, 0.2) is 40.6 Å². The molecule has 1 unspecified atom stereocenters. The Morgan fingerprint density at radius 2 is 1.85 bits per heavy atom. The van der Waals surface area contributed by atoms with E-state index in [-0.39, 0.29) is 16.2 Å². The number of carboxylic acids is 1. The summed E-state index contributed by atoms with van der Waals surface area (Å²) >= 11 is 0. The predicted octanol–water partition coefficient (Wildman–Crippen LogP) is -0.0262. The van der Waals surface area contributed by atoms with Crippen LogP contribution in [0.3, 0.4) is 0 Å². The van der Waals surface area contributed by atoms with Crippen LogP contribution < -0.4 is 4.72 Å². The van der Waals surface area contributed by atoms with Crippen LogP contribution in [-0.2, 0) is 19.9 Å². The van der Waals surface area contributed by atoms with E-state index in [1.165, 1.54) is 6.08 Å². The zero-order valence-electron chi connectivity index (χ0n) is 10.1. The van der Waals surface area contributed by atoms with Gasteiger partial charge in [0, 0.05) is 5.41 Å². The summed E-state index contributed by atoms with van der Waals surface area (Å²) in [5.74, 6) is -1.48. The number of sulfonamides is 1. The average Bonchev–Trinajstić information content (AvgIpc) is 2.68. The first kappa shape index (κ1) is 14.7. The Hall–Kier alpha value is -1.71. The molecule has 1 heterocycles. The second kappa shape index (κ2) is 5.00. The molecule has 0 saturated heterocycles. The van der Waals surface area contributed by atoms with Gasteiger partial charge in [-0.1, -0.05) is 6.08 Å². The lowest BCUT2D eigenvalue weighted by atomic mass is 10.2. The summed E-state index contributed by atoms with van der Waals surface area (Å²) in [7, 11) is -7.25. The molecule has 1 atom stereocenters. The average molecular weight is 317 g/mol. The summed E-state index contributed by atoms with van der Waals surface area (Å²) in [5.41, 5.74) is -0.0349. The van der Waals surface area contributed by atoms with Crippen molar-refractivity contribution in [3.8, 4) is 0 Å². The molecular formula is C11H11NO6S2. The van der Waals surface area contributed by atoms with E-state index in [2.05, 4.69) is 4.72 Å². The fraction of sp³-hybridized carbons (Fsp3) is 0.182. The maximum Gasteiger partial charge on any atom is 0.335 e. The van der Waals surface area contributed by atoms with Gasteiger partial charge < -0.3 is 5.11 Å². The Balaban J connectivity index is 2.19. The van der Waals surface area contributed by atoms with E-state index >= 15 is 0 Å². The van der Waals surface area contributed by atoms with Crippen molar-refractivity contribution in [2.75, 3.05) is 5.75 Å². The molecule has 9 heteroatoms. The maximum absolute atomic E-state index is 12.0. The summed E-state index contributed by atoms with van der Waals surface area (Å²) in [6.07, 6.45) is 1.26. The molecule has 1 aromatic rings. The van der Waals surface area contributed by atoms with Crippen molar-refractivity contribution in [3.63, 3.8) is 0 Å². The van der Waals surface area contributed by atoms with Crippen molar-refractivity contribution in [1.82, 2.24) is 4.72 Å². The molecule has 0 saturated carbocycles. The van der Waals surface area contributed by atoms with E-state index in [0.29, 0.717) is 0 Å². The third-order valence-corrected chi connectivity index (χ3v) is 5.55. The van der Waals surface area contributed by atoms with Crippen LogP contribution in [0, 0.1) is 0 Å². The van der Waals surface area contributed by atoms with Crippen LogP contribution in [0.4, 0.5) is 0 Å². The molecule has 108 valence electrons. The van der Waals surface area contributed by atoms with Gasteiger partial charge in [0.25, 0.3) is 0 Å². The summed E-state index contributed by atoms with van der Waals surface area (Å²) in [6, 6.07) is 3.82. The highest BCUT2D eigenvalue weighted by Gasteiger charge is 2.26. The van der Waals surface area contributed by atoms with Crippen LogP contribution in [0.1, 0.15) is 10.4 Å². The van der Waals surface area contributed by atoms with Gasteiger partial charge in [-0.25, -0.2) is 26.4 Å². The van der Waals surface area contributed by atoms with Gasteiger partial charge in [0.2, 0.25) is 10.0 Å². The van der Waals surface area contributed by atoms with Crippen molar-refractivity contribution < 1.29 is 26.7 Å². The summed E-state index contributed by atoms with van der Waals surface area (Å²) < 4.78 is 48.6. The second-order valence-corrected chi connectivity index (χ2v) is 7.86. The fourth-order valence-corrected chi connectivity index (χ4v) is 4.22. The van der Waals surface area contributed by atoms with Crippen molar-refractivity contribution >= 4 is 25.8 Å². The number of carbonyl (C=O) groups is 1. The van der Waals surface area contributed by atoms with Crippen LogP contribution in [0.25, 0.3) is 0 Å². The molecule has 7 nitrogen and oxygen atoms in total. The number of sulfone groups is 1. The van der Waals surface area contributed by atoms with Crippen molar-refractivity contribution in [3.05, 3.63) is 41.3 Å². The minimum absolute atomic E-state index is 0.0349. The standard InChI is InChI=1S/C11H11NO6S2/c13-11(14)8-1-3-10(4-2-8)20(17,18)12-9-5-6-19(15,16)7-9/h1-6,9,12H,7H2,(H,13,14). The highest BCUT2D eigenvalue weighted by molar-refractivity contribution is 7.94. The molecule has 0 fully saturated rings. The van der Waals surface area contributed by atoms with E-state index in [9.17, 15) is 21.6 Å². The van der Waals surface area contributed by atoms with E-state index < -0.39 is 31.9 Å². The second-order valence-electron chi connectivity index (χ2n) is 4.22. The molecule has 1 aromatic carbocycles. The zero-order valence-corrected chi connectivity index (χ0v) is 11.7. The van der Waals surface area contributed by atoms with E-state index in [1.807, 2.05) is 0 Å². The molecule has 0 aromatic heterocycles. The highest BCUT2D eigenvalue weighted by Crippen LogP contribution is 2.14. The molecule has 1 aliphatic heterocycles. The first-order chi connectivity index (χ1) is 9.20. The number of aromatic carboxylic acids is 1. The van der Waals surface area contributed by atoms with Crippen LogP contribution in [0.5, 0.6) is 0 Å². The molecule has 20 heavy (non-hydrogen) atoms. The van der Waals surface area contributed by atoms with Gasteiger partial charge in [-0.2, -0.15) is 0 Å². The van der Waals surface area contributed by atoms with Gasteiger partial charge in [0.05, 0.1) is 22.3 Å². The molecule has 0 radical (unpaired) electrons. The summed E-state index contributed by atoms with van der Waals surface area (Å²) in [5, 5.41) is 9.69. The zero-order chi connectivity index (χ0) is 15.0. The molecule has 1 aliphatic rings. The Morgan fingerprint density at radius 1 is 1.25 bits per heavy atom. The molecule has 0 amide bonds. The first-order valence-corrected chi connectivity index (χ1v) is 8.66. The number of hydrogen-bond donors (Lipinski definition) is 2. The predicted molar refractivity (Wildman–Crippen MR) is 70.4 cm³/mol. The van der Waals surface area contributed by atoms with Gasteiger partial charge in [-0.3, -0.25) is 0 Å². The van der Waals surface area contributed by atoms with Gasteiger partial charge in [0.15, 0.2) is 9.84 Å². The number of nitrogens with one attached hydrogen (secondary N) is 1. The number of rotatable bonds is 4. The van der Waals surface area contributed by atoms with Gasteiger partial charge >= 0.3 is 5.97 Å². The largest absolute Gasteiger partial charge is 0.478 e. The van der Waals surface area contributed by atoms with Crippen LogP contribution >= 0.6 is 0 Å². The molecule has 2 rings (SSSR count). The summed E-state index contributed by atoms with van der Waals surface area (Å²) in [6.45, 7) is 0. The van der Waals surface area contributed by atoms with Gasteiger partial charge in [-0.05, 0) is 24.3 Å². The Labute approximate surface area is 115 Å². The Morgan fingerprint density at radius 3 is 2.30 bits per heavy atom. The normalized spacial score (nSPS) is 20.9. The molecule has 0 aliphatic carbocycles. The SMILES string of the molecule is O=C(O)c1ccc(S(=O)(=O)NC2C=CS(=O)(=O)C2)cc1. The summed E-state index contributed by atoms with van der Waals surface area (Å²) in [4.78, 5) is 10.5. The van der Waals surface area contributed by atoms with Crippen LogP contribution in [-0.4, -0.2) is 39.7 Å². The number of benzene rings is 1. The minimum Gasteiger partial charge on any atom is -0.478 e. The smallest absolute Gasteiger partial charge is 0.335 e. The van der Waals surface area contributed by atoms with Crippen LogP contribution in [0.2, 0.25) is 0 Å².